The van der Waals surface area contributed by atoms with Crippen molar-refractivity contribution in [3.8, 4) is 0 Å². The van der Waals surface area contributed by atoms with Crippen molar-refractivity contribution in [3.63, 3.8) is 0 Å². The van der Waals surface area contributed by atoms with Crippen LogP contribution in [-0.4, -0.2) is 35.9 Å². The first-order valence-corrected chi connectivity index (χ1v) is 7.17. The van der Waals surface area contributed by atoms with E-state index in [-0.39, 0.29) is 0 Å². The van der Waals surface area contributed by atoms with Gasteiger partial charge in [-0.05, 0) is 56.8 Å². The van der Waals surface area contributed by atoms with Crippen molar-refractivity contribution in [2.75, 3.05) is 24.5 Å². The third-order valence-electron chi connectivity index (χ3n) is 3.81. The lowest BCUT2D eigenvalue weighted by Crippen LogP contribution is -2.37. The lowest BCUT2D eigenvalue weighted by Gasteiger charge is -2.30. The molecule has 1 saturated heterocycles. The highest BCUT2D eigenvalue weighted by molar-refractivity contribution is 6.29. The molecule has 3 rings (SSSR count). The van der Waals surface area contributed by atoms with E-state index in [9.17, 15) is 0 Å². The number of halogens is 1. The van der Waals surface area contributed by atoms with Crippen molar-refractivity contribution in [2.24, 2.45) is 5.92 Å². The first-order chi connectivity index (χ1) is 8.83. The Hall–Kier alpha value is -0.870. The summed E-state index contributed by atoms with van der Waals surface area (Å²) in [6.45, 7) is 3.41. The van der Waals surface area contributed by atoms with E-state index in [1.165, 1.54) is 25.7 Å². The largest absolute Gasteiger partial charge is 0.352 e. The molecule has 0 aromatic carbocycles. The van der Waals surface area contributed by atoms with Gasteiger partial charge in [-0.15, -0.1) is 10.2 Å². The molecule has 1 aliphatic carbocycles. The molecule has 5 heteroatoms. The van der Waals surface area contributed by atoms with Crippen LogP contribution >= 0.6 is 11.6 Å². The van der Waals surface area contributed by atoms with Gasteiger partial charge in [-0.25, -0.2) is 0 Å². The van der Waals surface area contributed by atoms with Crippen LogP contribution in [-0.2, 0) is 0 Å². The van der Waals surface area contributed by atoms with Crippen molar-refractivity contribution >= 4 is 17.4 Å². The summed E-state index contributed by atoms with van der Waals surface area (Å²) in [6, 6.07) is 4.51. The molecule has 1 aromatic heterocycles. The van der Waals surface area contributed by atoms with Crippen molar-refractivity contribution in [2.45, 2.75) is 31.7 Å². The molecule has 0 radical (unpaired) electrons. The lowest BCUT2D eigenvalue weighted by molar-refractivity contribution is 0.372. The second-order valence-electron chi connectivity index (χ2n) is 5.29. The summed E-state index contributed by atoms with van der Waals surface area (Å²) in [6.07, 6.45) is 5.11. The number of rotatable bonds is 4. The third kappa shape index (κ3) is 2.93. The molecule has 98 valence electrons. The zero-order valence-electron chi connectivity index (χ0n) is 10.5. The zero-order chi connectivity index (χ0) is 12.4. The van der Waals surface area contributed by atoms with Gasteiger partial charge < -0.3 is 10.2 Å². The molecule has 0 atom stereocenters. The van der Waals surface area contributed by atoms with E-state index in [1.807, 2.05) is 12.1 Å². The summed E-state index contributed by atoms with van der Waals surface area (Å²) in [5, 5.41) is 12.1. The highest BCUT2D eigenvalue weighted by atomic mass is 35.5. The maximum absolute atomic E-state index is 5.80. The minimum Gasteiger partial charge on any atom is -0.352 e. The first kappa shape index (κ1) is 12.2. The van der Waals surface area contributed by atoms with Crippen molar-refractivity contribution in [1.82, 2.24) is 15.5 Å². The molecular weight excluding hydrogens is 248 g/mol. The van der Waals surface area contributed by atoms with Crippen LogP contribution in [0.1, 0.15) is 25.7 Å². The van der Waals surface area contributed by atoms with Crippen LogP contribution in [0.15, 0.2) is 12.1 Å². The highest BCUT2D eigenvalue weighted by Crippen LogP contribution is 2.32. The number of anilines is 1. The van der Waals surface area contributed by atoms with Crippen molar-refractivity contribution < 1.29 is 0 Å². The summed E-state index contributed by atoms with van der Waals surface area (Å²) >= 11 is 5.80. The molecular formula is C13H19ClN4. The normalized spacial score (nSPS) is 20.9. The Morgan fingerprint density at radius 1 is 1.17 bits per heavy atom. The molecule has 4 nitrogen and oxygen atoms in total. The van der Waals surface area contributed by atoms with Gasteiger partial charge in [0.25, 0.3) is 0 Å². The van der Waals surface area contributed by atoms with Crippen molar-refractivity contribution in [3.05, 3.63) is 17.3 Å². The molecule has 1 saturated carbocycles. The maximum Gasteiger partial charge on any atom is 0.151 e. The van der Waals surface area contributed by atoms with Gasteiger partial charge in [-0.1, -0.05) is 11.6 Å². The van der Waals surface area contributed by atoms with E-state index in [4.69, 9.17) is 11.6 Å². The lowest BCUT2D eigenvalue weighted by atomic mass is 9.97. The van der Waals surface area contributed by atoms with Crippen LogP contribution in [0.5, 0.6) is 0 Å². The Balaban J connectivity index is 1.69. The summed E-state index contributed by atoms with van der Waals surface area (Å²) in [5.74, 6) is 1.77. The minimum atomic E-state index is 0.469. The van der Waals surface area contributed by atoms with Crippen LogP contribution in [0.4, 0.5) is 5.82 Å². The summed E-state index contributed by atoms with van der Waals surface area (Å²) in [4.78, 5) is 2.43. The smallest absolute Gasteiger partial charge is 0.151 e. The molecule has 1 aliphatic heterocycles. The third-order valence-corrected chi connectivity index (χ3v) is 4.02. The molecule has 18 heavy (non-hydrogen) atoms. The maximum atomic E-state index is 5.80. The quantitative estimate of drug-likeness (QED) is 0.906. The number of aromatic nitrogens is 2. The Kier molecular flexibility index (Phi) is 3.66. The van der Waals surface area contributed by atoms with E-state index in [0.29, 0.717) is 11.2 Å². The molecule has 2 fully saturated rings. The molecule has 1 aromatic rings. The zero-order valence-corrected chi connectivity index (χ0v) is 11.2. The van der Waals surface area contributed by atoms with E-state index in [0.717, 1.165) is 31.4 Å². The first-order valence-electron chi connectivity index (χ1n) is 6.79. The minimum absolute atomic E-state index is 0.469. The second kappa shape index (κ2) is 5.41. The fraction of sp³-hybridized carbons (Fsp3) is 0.692. The molecule has 0 unspecified atom stereocenters. The van der Waals surface area contributed by atoms with E-state index < -0.39 is 0 Å². The van der Waals surface area contributed by atoms with Crippen LogP contribution in [0.25, 0.3) is 0 Å². The molecule has 0 amide bonds. The Morgan fingerprint density at radius 3 is 2.56 bits per heavy atom. The summed E-state index contributed by atoms with van der Waals surface area (Å²) < 4.78 is 0. The second-order valence-corrected chi connectivity index (χ2v) is 5.68. The predicted octanol–water partition coefficient (Wildman–Crippen LogP) is 2.10. The fourth-order valence-corrected chi connectivity index (χ4v) is 2.72. The van der Waals surface area contributed by atoms with Gasteiger partial charge in [0.05, 0.1) is 0 Å². The highest BCUT2D eigenvalue weighted by Gasteiger charge is 2.32. The molecule has 0 bridgehead atoms. The van der Waals surface area contributed by atoms with Crippen LogP contribution in [0.3, 0.4) is 0 Å². The number of nitrogens with one attached hydrogen (secondary N) is 1. The monoisotopic (exact) mass is 266 g/mol. The summed E-state index contributed by atoms with van der Waals surface area (Å²) in [5.41, 5.74) is 0. The van der Waals surface area contributed by atoms with Crippen LogP contribution < -0.4 is 10.2 Å². The van der Waals surface area contributed by atoms with Gasteiger partial charge in [0, 0.05) is 12.6 Å². The van der Waals surface area contributed by atoms with Crippen LogP contribution in [0, 0.1) is 5.92 Å². The van der Waals surface area contributed by atoms with Gasteiger partial charge in [-0.2, -0.15) is 0 Å². The number of nitrogens with zero attached hydrogens (tertiary/aromatic N) is 3. The van der Waals surface area contributed by atoms with E-state index in [1.54, 1.807) is 0 Å². The van der Waals surface area contributed by atoms with E-state index >= 15 is 0 Å². The standard InChI is InChI=1S/C13H19ClN4/c14-12-3-4-13(17-16-12)18(11-1-2-11)9-10-5-7-15-8-6-10/h3-4,10-11,15H,1-2,5-9H2. The Morgan fingerprint density at radius 2 is 1.94 bits per heavy atom. The van der Waals surface area contributed by atoms with Gasteiger partial charge in [0.15, 0.2) is 11.0 Å². The average molecular weight is 267 g/mol. The van der Waals surface area contributed by atoms with Gasteiger partial charge in [0.2, 0.25) is 0 Å². The number of hydrogen-bond donors (Lipinski definition) is 1. The Bertz CT molecular complexity index is 384. The van der Waals surface area contributed by atoms with Gasteiger partial charge >= 0.3 is 0 Å². The van der Waals surface area contributed by atoms with E-state index in [2.05, 4.69) is 20.4 Å². The average Bonchev–Trinajstić information content (AvgIpc) is 3.23. The SMILES string of the molecule is Clc1ccc(N(CC2CCNCC2)C2CC2)nn1. The van der Waals surface area contributed by atoms with Crippen molar-refractivity contribution in [1.29, 1.82) is 0 Å². The van der Waals surface area contributed by atoms with Crippen LogP contribution in [0.2, 0.25) is 5.15 Å². The molecule has 2 aliphatic rings. The molecule has 1 N–H and O–H groups in total. The molecule has 2 heterocycles. The Labute approximate surface area is 113 Å². The summed E-state index contributed by atoms with van der Waals surface area (Å²) in [7, 11) is 0. The number of piperidine rings is 1. The molecule has 0 spiro atoms. The fourth-order valence-electron chi connectivity index (χ4n) is 2.62. The van der Waals surface area contributed by atoms with Gasteiger partial charge in [-0.3, -0.25) is 0 Å². The van der Waals surface area contributed by atoms with Gasteiger partial charge in [0.1, 0.15) is 0 Å². The topological polar surface area (TPSA) is 41.0 Å². The number of hydrogen-bond acceptors (Lipinski definition) is 4. The predicted molar refractivity (Wildman–Crippen MR) is 73.0 cm³/mol.